The van der Waals surface area contributed by atoms with E-state index < -0.39 is 16.8 Å². The van der Waals surface area contributed by atoms with Crippen LogP contribution >= 0.6 is 0 Å². The number of rotatable bonds is 4. The normalized spacial score (nSPS) is 15.4. The topological polar surface area (TPSA) is 43.4 Å². The summed E-state index contributed by atoms with van der Waals surface area (Å²) in [4.78, 5) is 12.0. The number of aryl methyl sites for hydroxylation is 2. The van der Waals surface area contributed by atoms with Crippen LogP contribution in [0.1, 0.15) is 24.5 Å². The molecular formula is C13H16O3S. The Kier molecular flexibility index (Phi) is 3.94. The van der Waals surface area contributed by atoms with Gasteiger partial charge >= 0.3 is 5.97 Å². The Hall–Kier alpha value is -1.16. The molecule has 1 aromatic rings. The van der Waals surface area contributed by atoms with Gasteiger partial charge in [-0.15, -0.1) is 0 Å². The summed E-state index contributed by atoms with van der Waals surface area (Å²) in [5.41, 5.74) is 2.63. The first-order chi connectivity index (χ1) is 8.20. The second-order valence-electron chi connectivity index (χ2n) is 4.08. The number of fused-ring (bicyclic) bond motifs is 1. The molecule has 0 spiro atoms. The number of carbonyl (C=O) groups excluding carboxylic acids is 1. The zero-order chi connectivity index (χ0) is 12.3. The van der Waals surface area contributed by atoms with E-state index in [1.807, 2.05) is 18.2 Å². The summed E-state index contributed by atoms with van der Waals surface area (Å²) < 4.78 is 16.7. The maximum Gasteiger partial charge on any atom is 0.318 e. The van der Waals surface area contributed by atoms with Gasteiger partial charge in [0, 0.05) is 4.90 Å². The molecule has 4 heteroatoms. The quantitative estimate of drug-likeness (QED) is 0.768. The number of benzene rings is 1. The maximum atomic E-state index is 11.9. The average molecular weight is 252 g/mol. The summed E-state index contributed by atoms with van der Waals surface area (Å²) in [5.74, 6) is -0.446. The molecule has 0 fully saturated rings. The first-order valence-corrected chi connectivity index (χ1v) is 7.18. The molecule has 0 amide bonds. The molecule has 17 heavy (non-hydrogen) atoms. The van der Waals surface area contributed by atoms with Crippen molar-refractivity contribution in [2.24, 2.45) is 0 Å². The molecule has 3 nitrogen and oxygen atoms in total. The highest BCUT2D eigenvalue weighted by Crippen LogP contribution is 2.24. The number of carbonyl (C=O) groups is 1. The molecule has 0 radical (unpaired) electrons. The molecule has 1 aliphatic rings. The van der Waals surface area contributed by atoms with Gasteiger partial charge < -0.3 is 4.74 Å². The standard InChI is InChI=1S/C13H16O3S/c1-2-16-13(14)9-17(15)12-7-6-10-4-3-5-11(10)8-12/h6-8H,2-5,9H2,1H3/t17-/m0/s1. The average Bonchev–Trinajstić information content (AvgIpc) is 2.75. The van der Waals surface area contributed by atoms with Crippen LogP contribution in [0.3, 0.4) is 0 Å². The third-order valence-corrected chi connectivity index (χ3v) is 4.16. The zero-order valence-electron chi connectivity index (χ0n) is 9.90. The monoisotopic (exact) mass is 252 g/mol. The van der Waals surface area contributed by atoms with Gasteiger partial charge in [0.2, 0.25) is 0 Å². The van der Waals surface area contributed by atoms with Crippen LogP contribution in [-0.4, -0.2) is 22.5 Å². The highest BCUT2D eigenvalue weighted by Gasteiger charge is 2.15. The third kappa shape index (κ3) is 2.94. The van der Waals surface area contributed by atoms with Gasteiger partial charge in [0.1, 0.15) is 5.75 Å². The van der Waals surface area contributed by atoms with Crippen molar-refractivity contribution in [2.45, 2.75) is 31.1 Å². The van der Waals surface area contributed by atoms with E-state index in [-0.39, 0.29) is 5.75 Å². The first kappa shape index (κ1) is 12.3. The summed E-state index contributed by atoms with van der Waals surface area (Å²) >= 11 is 0. The van der Waals surface area contributed by atoms with Gasteiger partial charge in [-0.1, -0.05) is 6.07 Å². The SMILES string of the molecule is CCOC(=O)C[S@](=O)c1ccc2c(c1)CCC2. The van der Waals surface area contributed by atoms with Crippen molar-refractivity contribution in [1.29, 1.82) is 0 Å². The Morgan fingerprint density at radius 3 is 2.88 bits per heavy atom. The van der Waals surface area contributed by atoms with Gasteiger partial charge in [0.05, 0.1) is 17.4 Å². The van der Waals surface area contributed by atoms with Crippen LogP contribution in [0.5, 0.6) is 0 Å². The smallest absolute Gasteiger partial charge is 0.318 e. The first-order valence-electron chi connectivity index (χ1n) is 5.86. The van der Waals surface area contributed by atoms with Gasteiger partial charge in [-0.05, 0) is 49.4 Å². The summed E-state index contributed by atoms with van der Waals surface area (Å²) in [6, 6.07) is 5.86. The van der Waals surface area contributed by atoms with Crippen molar-refractivity contribution in [2.75, 3.05) is 12.4 Å². The van der Waals surface area contributed by atoms with Crippen molar-refractivity contribution in [3.8, 4) is 0 Å². The van der Waals surface area contributed by atoms with Crippen LogP contribution in [0.15, 0.2) is 23.1 Å². The molecule has 0 aromatic heterocycles. The molecule has 0 saturated carbocycles. The van der Waals surface area contributed by atoms with Crippen LogP contribution in [0.25, 0.3) is 0 Å². The Bertz CT molecular complexity index is 454. The van der Waals surface area contributed by atoms with Crippen LogP contribution in [-0.2, 0) is 33.2 Å². The van der Waals surface area contributed by atoms with Crippen molar-refractivity contribution in [1.82, 2.24) is 0 Å². The second-order valence-corrected chi connectivity index (χ2v) is 5.53. The number of ether oxygens (including phenoxy) is 1. The molecule has 2 rings (SSSR count). The van der Waals surface area contributed by atoms with Gasteiger partial charge in [0.25, 0.3) is 0 Å². The van der Waals surface area contributed by atoms with Gasteiger partial charge in [-0.3, -0.25) is 9.00 Å². The fourth-order valence-corrected chi connectivity index (χ4v) is 3.04. The van der Waals surface area contributed by atoms with Gasteiger partial charge in [0.15, 0.2) is 0 Å². The molecule has 0 heterocycles. The molecule has 1 aromatic carbocycles. The van der Waals surface area contributed by atoms with Gasteiger partial charge in [-0.2, -0.15) is 0 Å². The van der Waals surface area contributed by atoms with Gasteiger partial charge in [-0.25, -0.2) is 0 Å². The molecular weight excluding hydrogens is 236 g/mol. The molecule has 0 unspecified atom stereocenters. The fourth-order valence-electron chi connectivity index (χ4n) is 2.08. The van der Waals surface area contributed by atoms with Crippen molar-refractivity contribution >= 4 is 16.8 Å². The van der Waals surface area contributed by atoms with E-state index >= 15 is 0 Å². The lowest BCUT2D eigenvalue weighted by Crippen LogP contribution is -2.14. The van der Waals surface area contributed by atoms with Crippen LogP contribution < -0.4 is 0 Å². The van der Waals surface area contributed by atoms with E-state index in [0.717, 1.165) is 17.7 Å². The highest BCUT2D eigenvalue weighted by molar-refractivity contribution is 7.85. The summed E-state index contributed by atoms with van der Waals surface area (Å²) in [6.07, 6.45) is 3.34. The van der Waals surface area contributed by atoms with E-state index in [2.05, 4.69) is 0 Å². The number of hydrogen-bond acceptors (Lipinski definition) is 3. The van der Waals surface area contributed by atoms with Crippen molar-refractivity contribution < 1.29 is 13.7 Å². The number of esters is 1. The maximum absolute atomic E-state index is 11.9. The Morgan fingerprint density at radius 2 is 2.12 bits per heavy atom. The van der Waals surface area contributed by atoms with E-state index in [1.54, 1.807) is 6.92 Å². The van der Waals surface area contributed by atoms with Crippen LogP contribution in [0.2, 0.25) is 0 Å². The van der Waals surface area contributed by atoms with Crippen LogP contribution in [0.4, 0.5) is 0 Å². The van der Waals surface area contributed by atoms with E-state index in [0.29, 0.717) is 6.61 Å². The Labute approximate surface area is 104 Å². The largest absolute Gasteiger partial charge is 0.465 e. The lowest BCUT2D eigenvalue weighted by Gasteiger charge is -2.05. The third-order valence-electron chi connectivity index (χ3n) is 2.89. The minimum absolute atomic E-state index is 0.0490. The minimum atomic E-state index is -1.28. The van der Waals surface area contributed by atoms with Crippen molar-refractivity contribution in [3.63, 3.8) is 0 Å². The fraction of sp³-hybridized carbons (Fsp3) is 0.462. The van der Waals surface area contributed by atoms with E-state index in [9.17, 15) is 9.00 Å². The molecule has 1 aliphatic carbocycles. The predicted octanol–water partition coefficient (Wildman–Crippen LogP) is 1.85. The molecule has 0 N–H and O–H groups in total. The predicted molar refractivity (Wildman–Crippen MR) is 66.4 cm³/mol. The minimum Gasteiger partial charge on any atom is -0.465 e. The van der Waals surface area contributed by atoms with Crippen LogP contribution in [0, 0.1) is 0 Å². The highest BCUT2D eigenvalue weighted by atomic mass is 32.2. The van der Waals surface area contributed by atoms with E-state index in [4.69, 9.17) is 4.74 Å². The molecule has 0 saturated heterocycles. The Balaban J connectivity index is 2.07. The molecule has 1 atom stereocenters. The van der Waals surface area contributed by atoms with Crippen molar-refractivity contribution in [3.05, 3.63) is 29.3 Å². The molecule has 0 bridgehead atoms. The number of hydrogen-bond donors (Lipinski definition) is 0. The summed E-state index contributed by atoms with van der Waals surface area (Å²) in [7, 11) is -1.28. The zero-order valence-corrected chi connectivity index (χ0v) is 10.7. The van der Waals surface area contributed by atoms with E-state index in [1.165, 1.54) is 17.5 Å². The lowest BCUT2D eigenvalue weighted by molar-refractivity contribution is -0.139. The molecule has 0 aliphatic heterocycles. The molecule has 92 valence electrons. The lowest BCUT2D eigenvalue weighted by atomic mass is 10.1. The summed E-state index contributed by atoms with van der Waals surface area (Å²) in [6.45, 7) is 2.08. The second kappa shape index (κ2) is 5.45. The summed E-state index contributed by atoms with van der Waals surface area (Å²) in [5, 5.41) is 0. The Morgan fingerprint density at radius 1 is 1.35 bits per heavy atom.